The number of benzene rings is 1. The highest BCUT2D eigenvalue weighted by molar-refractivity contribution is 7.90. The molecule has 0 aliphatic carbocycles. The minimum absolute atomic E-state index is 0.113. The van der Waals surface area contributed by atoms with Crippen LogP contribution in [-0.2, 0) is 14.6 Å². The third kappa shape index (κ3) is 3.35. The molecule has 0 aromatic heterocycles. The van der Waals surface area contributed by atoms with Crippen molar-refractivity contribution in [3.63, 3.8) is 0 Å². The van der Waals surface area contributed by atoms with Gasteiger partial charge in [0.2, 0.25) is 0 Å². The Labute approximate surface area is 99.6 Å². The summed E-state index contributed by atoms with van der Waals surface area (Å²) in [4.78, 5) is 12.1. The molecular formula is C10H14N2O4S. The van der Waals surface area contributed by atoms with Crippen molar-refractivity contribution in [1.29, 1.82) is 0 Å². The number of rotatable bonds is 4. The molecule has 94 valence electrons. The van der Waals surface area contributed by atoms with Crippen molar-refractivity contribution in [1.82, 2.24) is 0 Å². The number of carbonyl (C=O) groups is 1. The van der Waals surface area contributed by atoms with E-state index in [9.17, 15) is 13.2 Å². The normalized spacial score (nSPS) is 11.2. The molecular weight excluding hydrogens is 244 g/mol. The molecule has 0 atom stereocenters. The molecule has 6 nitrogen and oxygen atoms in total. The summed E-state index contributed by atoms with van der Waals surface area (Å²) in [7, 11) is -1.74. The molecule has 0 heterocycles. The molecule has 0 saturated carbocycles. The van der Waals surface area contributed by atoms with Gasteiger partial charge in [0.05, 0.1) is 16.3 Å². The van der Waals surface area contributed by atoms with Gasteiger partial charge in [-0.2, -0.15) is 0 Å². The van der Waals surface area contributed by atoms with Crippen LogP contribution in [0.1, 0.15) is 0 Å². The average Bonchev–Trinajstić information content (AvgIpc) is 2.14. The first-order valence-corrected chi connectivity index (χ1v) is 6.63. The average molecular weight is 258 g/mol. The van der Waals surface area contributed by atoms with Crippen molar-refractivity contribution in [2.24, 2.45) is 0 Å². The third-order valence-electron chi connectivity index (χ3n) is 2.21. The number of nitrogen functional groups attached to an aromatic ring is 1. The molecule has 1 rings (SSSR count). The van der Waals surface area contributed by atoms with Gasteiger partial charge >= 0.3 is 5.97 Å². The summed E-state index contributed by atoms with van der Waals surface area (Å²) in [5.74, 6) is -0.987. The van der Waals surface area contributed by atoms with Crippen LogP contribution in [0.4, 0.5) is 11.4 Å². The molecule has 1 aromatic rings. The molecule has 0 aliphatic rings. The van der Waals surface area contributed by atoms with Gasteiger partial charge in [-0.25, -0.2) is 8.42 Å². The lowest BCUT2D eigenvalue weighted by Gasteiger charge is -2.19. The largest absolute Gasteiger partial charge is 0.480 e. The molecule has 0 radical (unpaired) electrons. The maximum Gasteiger partial charge on any atom is 0.323 e. The van der Waals surface area contributed by atoms with Crippen LogP contribution in [0, 0.1) is 0 Å². The second-order valence-electron chi connectivity index (χ2n) is 3.74. The van der Waals surface area contributed by atoms with Crippen molar-refractivity contribution in [2.45, 2.75) is 4.90 Å². The van der Waals surface area contributed by atoms with E-state index >= 15 is 0 Å². The minimum atomic E-state index is -3.31. The summed E-state index contributed by atoms with van der Waals surface area (Å²) in [6, 6.07) is 4.22. The molecule has 0 bridgehead atoms. The van der Waals surface area contributed by atoms with Gasteiger partial charge in [-0.3, -0.25) is 4.79 Å². The van der Waals surface area contributed by atoms with Gasteiger partial charge in [0.25, 0.3) is 0 Å². The van der Waals surface area contributed by atoms with Gasteiger partial charge in [-0.15, -0.1) is 0 Å². The predicted octanol–water partition coefficient (Wildman–Crippen LogP) is 0.193. The first-order chi connectivity index (χ1) is 7.71. The number of hydrogen-bond donors (Lipinski definition) is 2. The lowest BCUT2D eigenvalue weighted by molar-refractivity contribution is -0.135. The van der Waals surface area contributed by atoms with E-state index in [1.54, 1.807) is 7.05 Å². The zero-order chi connectivity index (χ0) is 13.2. The Hall–Kier alpha value is -1.76. The van der Waals surface area contributed by atoms with Crippen LogP contribution in [0.25, 0.3) is 0 Å². The van der Waals surface area contributed by atoms with Gasteiger partial charge in [0.15, 0.2) is 9.84 Å². The number of nitrogens with two attached hydrogens (primary N) is 1. The van der Waals surface area contributed by atoms with Crippen molar-refractivity contribution in [3.05, 3.63) is 18.2 Å². The predicted molar refractivity (Wildman–Crippen MR) is 64.9 cm³/mol. The number of sulfone groups is 1. The zero-order valence-corrected chi connectivity index (χ0v) is 10.4. The Morgan fingerprint density at radius 1 is 1.47 bits per heavy atom. The molecule has 0 fully saturated rings. The Morgan fingerprint density at radius 3 is 2.47 bits per heavy atom. The summed E-state index contributed by atoms with van der Waals surface area (Å²) in [5, 5.41) is 8.64. The molecule has 0 amide bonds. The second-order valence-corrected chi connectivity index (χ2v) is 5.76. The molecule has 3 N–H and O–H groups in total. The summed E-state index contributed by atoms with van der Waals surface area (Å²) >= 11 is 0. The third-order valence-corrected chi connectivity index (χ3v) is 3.32. The smallest absolute Gasteiger partial charge is 0.323 e. The molecule has 0 spiro atoms. The van der Waals surface area contributed by atoms with E-state index in [2.05, 4.69) is 0 Å². The van der Waals surface area contributed by atoms with Crippen molar-refractivity contribution in [3.8, 4) is 0 Å². The highest BCUT2D eigenvalue weighted by Gasteiger charge is 2.13. The van der Waals surface area contributed by atoms with Gasteiger partial charge in [0, 0.05) is 13.3 Å². The van der Waals surface area contributed by atoms with E-state index in [0.717, 1.165) is 6.26 Å². The van der Waals surface area contributed by atoms with Crippen molar-refractivity contribution >= 4 is 27.2 Å². The number of carboxylic acid groups (broad SMARTS) is 1. The zero-order valence-electron chi connectivity index (χ0n) is 9.54. The van der Waals surface area contributed by atoms with Gasteiger partial charge in [-0.1, -0.05) is 0 Å². The second kappa shape index (κ2) is 4.62. The Bertz CT molecular complexity index is 539. The van der Waals surface area contributed by atoms with E-state index in [0.29, 0.717) is 5.69 Å². The number of likely N-dealkylation sites (N-methyl/N-ethyl adjacent to an activating group) is 1. The van der Waals surface area contributed by atoms with E-state index in [1.807, 2.05) is 0 Å². The van der Waals surface area contributed by atoms with Crippen LogP contribution in [-0.4, -0.2) is 39.3 Å². The SMILES string of the molecule is CN(CC(=O)O)c1ccc(S(C)(=O)=O)cc1N. The van der Waals surface area contributed by atoms with Crippen molar-refractivity contribution in [2.75, 3.05) is 30.5 Å². The fraction of sp³-hybridized carbons (Fsp3) is 0.300. The Balaban J connectivity index is 3.10. The quantitative estimate of drug-likeness (QED) is 0.748. The maximum absolute atomic E-state index is 11.3. The summed E-state index contributed by atoms with van der Waals surface area (Å²) in [6.45, 7) is -0.206. The number of carboxylic acids is 1. The van der Waals surface area contributed by atoms with Crippen LogP contribution in [0.15, 0.2) is 23.1 Å². The highest BCUT2D eigenvalue weighted by atomic mass is 32.2. The van der Waals surface area contributed by atoms with E-state index in [4.69, 9.17) is 10.8 Å². The monoisotopic (exact) mass is 258 g/mol. The number of aliphatic carboxylic acids is 1. The molecule has 0 saturated heterocycles. The van der Waals surface area contributed by atoms with Crippen LogP contribution in [0.5, 0.6) is 0 Å². The number of nitrogens with zero attached hydrogens (tertiary/aromatic N) is 1. The van der Waals surface area contributed by atoms with E-state index < -0.39 is 15.8 Å². The lowest BCUT2D eigenvalue weighted by atomic mass is 10.2. The molecule has 0 aliphatic heterocycles. The van der Waals surface area contributed by atoms with Crippen LogP contribution < -0.4 is 10.6 Å². The molecule has 1 aromatic carbocycles. The van der Waals surface area contributed by atoms with Crippen LogP contribution >= 0.6 is 0 Å². The van der Waals surface area contributed by atoms with E-state index in [-0.39, 0.29) is 17.1 Å². The number of hydrogen-bond acceptors (Lipinski definition) is 5. The van der Waals surface area contributed by atoms with Crippen LogP contribution in [0.3, 0.4) is 0 Å². The van der Waals surface area contributed by atoms with Gasteiger partial charge in [-0.05, 0) is 18.2 Å². The van der Waals surface area contributed by atoms with Crippen molar-refractivity contribution < 1.29 is 18.3 Å². The van der Waals surface area contributed by atoms with Crippen LogP contribution in [0.2, 0.25) is 0 Å². The summed E-state index contributed by atoms with van der Waals surface area (Å²) < 4.78 is 22.6. The standard InChI is InChI=1S/C10H14N2O4S/c1-12(6-10(13)14)9-4-3-7(5-8(9)11)17(2,15)16/h3-5H,6,11H2,1-2H3,(H,13,14). The minimum Gasteiger partial charge on any atom is -0.480 e. The maximum atomic E-state index is 11.3. The first kappa shape index (κ1) is 13.3. The summed E-state index contributed by atoms with van der Waals surface area (Å²) in [5.41, 5.74) is 6.41. The summed E-state index contributed by atoms with van der Waals surface area (Å²) in [6.07, 6.45) is 1.09. The lowest BCUT2D eigenvalue weighted by Crippen LogP contribution is -2.25. The Morgan fingerprint density at radius 2 is 2.06 bits per heavy atom. The van der Waals surface area contributed by atoms with E-state index in [1.165, 1.54) is 23.1 Å². The fourth-order valence-electron chi connectivity index (χ4n) is 1.40. The fourth-order valence-corrected chi connectivity index (χ4v) is 2.06. The first-order valence-electron chi connectivity index (χ1n) is 4.74. The molecule has 17 heavy (non-hydrogen) atoms. The number of anilines is 2. The molecule has 7 heteroatoms. The van der Waals surface area contributed by atoms with Gasteiger partial charge < -0.3 is 15.7 Å². The highest BCUT2D eigenvalue weighted by Crippen LogP contribution is 2.25. The topological polar surface area (TPSA) is 101 Å². The Kier molecular flexibility index (Phi) is 3.62. The van der Waals surface area contributed by atoms with Gasteiger partial charge in [0.1, 0.15) is 6.54 Å². The molecule has 0 unspecified atom stereocenters.